The van der Waals surface area contributed by atoms with Crippen LogP contribution >= 0.6 is 15.9 Å². The van der Waals surface area contributed by atoms with E-state index >= 15 is 0 Å². The minimum absolute atomic E-state index is 0.515. The van der Waals surface area contributed by atoms with Gasteiger partial charge >= 0.3 is 0 Å². The van der Waals surface area contributed by atoms with E-state index in [1.165, 1.54) is 10.0 Å². The lowest BCUT2D eigenvalue weighted by Crippen LogP contribution is -2.32. The van der Waals surface area contributed by atoms with Gasteiger partial charge in [0, 0.05) is 24.2 Å². The Bertz CT molecular complexity index is 328. The average Bonchev–Trinajstić information content (AvgIpc) is 2.29. The van der Waals surface area contributed by atoms with E-state index in [-0.39, 0.29) is 0 Å². The largest absolute Gasteiger partial charge is 0.384 e. The third-order valence-electron chi connectivity index (χ3n) is 2.68. The highest BCUT2D eigenvalue weighted by molar-refractivity contribution is 9.10. The highest BCUT2D eigenvalue weighted by Gasteiger charge is 2.11. The number of methoxy groups -OCH3 is 1. The fourth-order valence-electron chi connectivity index (χ4n) is 1.80. The lowest BCUT2D eigenvalue weighted by molar-refractivity contribution is 0.149. The fraction of sp³-hybridized carbons (Fsp3) is 0.571. The third kappa shape index (κ3) is 5.66. The Balaban J connectivity index is 2.56. The predicted octanol–water partition coefficient (Wildman–Crippen LogP) is 3.25. The second kappa shape index (κ2) is 7.85. The summed E-state index contributed by atoms with van der Waals surface area (Å²) in [6.45, 7) is 6.12. The molecule has 0 amide bonds. The van der Waals surface area contributed by atoms with E-state index in [1.54, 1.807) is 7.11 Å². The van der Waals surface area contributed by atoms with Gasteiger partial charge in [-0.25, -0.2) is 0 Å². The van der Waals surface area contributed by atoms with Crippen molar-refractivity contribution in [2.24, 2.45) is 5.92 Å². The van der Waals surface area contributed by atoms with Crippen LogP contribution in [0.1, 0.15) is 19.4 Å². The number of ether oxygens (including phenoxy) is 1. The van der Waals surface area contributed by atoms with Gasteiger partial charge in [-0.2, -0.15) is 0 Å². The van der Waals surface area contributed by atoms with Crippen molar-refractivity contribution >= 4 is 15.9 Å². The zero-order valence-corrected chi connectivity index (χ0v) is 12.5. The van der Waals surface area contributed by atoms with Crippen LogP contribution in [0.4, 0.5) is 0 Å². The van der Waals surface area contributed by atoms with Crippen LogP contribution in [0.3, 0.4) is 0 Å². The maximum atomic E-state index is 5.29. The van der Waals surface area contributed by atoms with Crippen LogP contribution in [0.15, 0.2) is 28.7 Å². The van der Waals surface area contributed by atoms with Gasteiger partial charge in [0.25, 0.3) is 0 Å². The molecular weight excluding hydrogens is 278 g/mol. The van der Waals surface area contributed by atoms with Crippen molar-refractivity contribution in [1.29, 1.82) is 0 Å². The first kappa shape index (κ1) is 14.7. The second-order valence-corrected chi connectivity index (χ2v) is 5.53. The maximum Gasteiger partial charge on any atom is 0.0505 e. The number of halogens is 1. The summed E-state index contributed by atoms with van der Waals surface area (Å²) in [6.07, 6.45) is 1.04. The van der Waals surface area contributed by atoms with Crippen LogP contribution in [-0.2, 0) is 11.2 Å². The topological polar surface area (TPSA) is 21.3 Å². The van der Waals surface area contributed by atoms with Crippen LogP contribution in [0.2, 0.25) is 0 Å². The van der Waals surface area contributed by atoms with Crippen LogP contribution in [0.25, 0.3) is 0 Å². The Labute approximate surface area is 113 Å². The lowest BCUT2D eigenvalue weighted by atomic mass is 10.00. The molecule has 2 nitrogen and oxygen atoms in total. The lowest BCUT2D eigenvalue weighted by Gasteiger charge is -2.19. The Morgan fingerprint density at radius 2 is 2.00 bits per heavy atom. The molecule has 0 aromatic heterocycles. The summed E-state index contributed by atoms with van der Waals surface area (Å²) in [4.78, 5) is 0. The van der Waals surface area contributed by atoms with E-state index in [1.807, 2.05) is 6.07 Å². The molecule has 0 saturated heterocycles. The summed E-state index contributed by atoms with van der Waals surface area (Å²) in [6, 6.07) is 8.91. The molecule has 0 bridgehead atoms. The van der Waals surface area contributed by atoms with Gasteiger partial charge in [-0.05, 0) is 24.0 Å². The molecule has 1 rings (SSSR count). The summed E-state index contributed by atoms with van der Waals surface area (Å²) < 4.78 is 6.48. The first-order valence-electron chi connectivity index (χ1n) is 6.09. The molecule has 0 fully saturated rings. The van der Waals surface area contributed by atoms with Crippen molar-refractivity contribution in [3.05, 3.63) is 34.3 Å². The van der Waals surface area contributed by atoms with E-state index < -0.39 is 0 Å². The van der Waals surface area contributed by atoms with Gasteiger partial charge in [0.05, 0.1) is 6.61 Å². The quantitative estimate of drug-likeness (QED) is 0.834. The van der Waals surface area contributed by atoms with Crippen molar-refractivity contribution in [3.8, 4) is 0 Å². The molecular formula is C14H22BrNO. The van der Waals surface area contributed by atoms with Crippen molar-refractivity contribution in [1.82, 2.24) is 5.32 Å². The molecule has 0 aliphatic heterocycles. The maximum absolute atomic E-state index is 5.29. The average molecular weight is 300 g/mol. The fourth-order valence-corrected chi connectivity index (χ4v) is 2.25. The van der Waals surface area contributed by atoms with Gasteiger partial charge in [-0.3, -0.25) is 0 Å². The number of benzene rings is 1. The zero-order chi connectivity index (χ0) is 12.7. The first-order chi connectivity index (χ1) is 8.13. The molecule has 3 heteroatoms. The molecule has 17 heavy (non-hydrogen) atoms. The van der Waals surface area contributed by atoms with Gasteiger partial charge in [0.1, 0.15) is 0 Å². The molecule has 0 heterocycles. The summed E-state index contributed by atoms with van der Waals surface area (Å²) >= 11 is 3.59. The second-order valence-electron chi connectivity index (χ2n) is 4.68. The molecule has 96 valence electrons. The minimum atomic E-state index is 0.515. The molecule has 1 aromatic carbocycles. The van der Waals surface area contributed by atoms with E-state index in [0.29, 0.717) is 12.0 Å². The first-order valence-corrected chi connectivity index (χ1v) is 6.88. The van der Waals surface area contributed by atoms with Crippen LogP contribution in [0.5, 0.6) is 0 Å². The summed E-state index contributed by atoms with van der Waals surface area (Å²) in [5.74, 6) is 0.515. The Morgan fingerprint density at radius 1 is 1.29 bits per heavy atom. The number of nitrogens with one attached hydrogen (secondary N) is 1. The SMILES string of the molecule is COCC(CNC(C)C)Cc1ccccc1Br. The Kier molecular flexibility index (Phi) is 6.78. The van der Waals surface area contributed by atoms with E-state index in [4.69, 9.17) is 4.74 Å². The minimum Gasteiger partial charge on any atom is -0.384 e. The van der Waals surface area contributed by atoms with Gasteiger partial charge < -0.3 is 10.1 Å². The number of rotatable bonds is 7. The molecule has 1 unspecified atom stereocenters. The van der Waals surface area contributed by atoms with Crippen LogP contribution < -0.4 is 5.32 Å². The summed E-state index contributed by atoms with van der Waals surface area (Å²) in [7, 11) is 1.77. The monoisotopic (exact) mass is 299 g/mol. The van der Waals surface area contributed by atoms with Gasteiger partial charge in [-0.15, -0.1) is 0 Å². The summed E-state index contributed by atoms with van der Waals surface area (Å²) in [5.41, 5.74) is 1.35. The van der Waals surface area contributed by atoms with Crippen molar-refractivity contribution in [3.63, 3.8) is 0 Å². The Morgan fingerprint density at radius 3 is 2.59 bits per heavy atom. The molecule has 1 N–H and O–H groups in total. The summed E-state index contributed by atoms with van der Waals surface area (Å²) in [5, 5.41) is 3.47. The molecule has 0 radical (unpaired) electrons. The molecule has 0 spiro atoms. The van der Waals surface area contributed by atoms with Gasteiger partial charge in [0.2, 0.25) is 0 Å². The highest BCUT2D eigenvalue weighted by atomic mass is 79.9. The zero-order valence-electron chi connectivity index (χ0n) is 10.9. The molecule has 0 saturated carbocycles. The van der Waals surface area contributed by atoms with E-state index in [2.05, 4.69) is 53.3 Å². The number of hydrogen-bond donors (Lipinski definition) is 1. The molecule has 1 atom stereocenters. The molecule has 0 aliphatic rings. The van der Waals surface area contributed by atoms with Crippen LogP contribution in [-0.4, -0.2) is 26.3 Å². The standard InChI is InChI=1S/C14H22BrNO/c1-11(2)16-9-12(10-17-3)8-13-6-4-5-7-14(13)15/h4-7,11-12,16H,8-10H2,1-3H3. The van der Waals surface area contributed by atoms with E-state index in [9.17, 15) is 0 Å². The van der Waals surface area contributed by atoms with E-state index in [0.717, 1.165) is 19.6 Å². The normalized spacial score (nSPS) is 13.0. The van der Waals surface area contributed by atoms with Crippen LogP contribution in [0, 0.1) is 5.92 Å². The highest BCUT2D eigenvalue weighted by Crippen LogP contribution is 2.19. The molecule has 1 aromatic rings. The molecule has 0 aliphatic carbocycles. The Hall–Kier alpha value is -0.380. The van der Waals surface area contributed by atoms with Gasteiger partial charge in [-0.1, -0.05) is 48.0 Å². The predicted molar refractivity (Wildman–Crippen MR) is 76.4 cm³/mol. The van der Waals surface area contributed by atoms with Crippen molar-refractivity contribution in [2.45, 2.75) is 26.3 Å². The third-order valence-corrected chi connectivity index (χ3v) is 3.46. The smallest absolute Gasteiger partial charge is 0.0505 e. The van der Waals surface area contributed by atoms with Gasteiger partial charge in [0.15, 0.2) is 0 Å². The van der Waals surface area contributed by atoms with Crippen molar-refractivity contribution in [2.75, 3.05) is 20.3 Å². The van der Waals surface area contributed by atoms with Crippen molar-refractivity contribution < 1.29 is 4.74 Å². The number of hydrogen-bond acceptors (Lipinski definition) is 2.